The van der Waals surface area contributed by atoms with Crippen LogP contribution in [-0.2, 0) is 0 Å². The highest BCUT2D eigenvalue weighted by atomic mass is 16.5. The summed E-state index contributed by atoms with van der Waals surface area (Å²) >= 11 is 0. The first-order chi connectivity index (χ1) is 16.0. The lowest BCUT2D eigenvalue weighted by atomic mass is 10.2. The van der Waals surface area contributed by atoms with Crippen LogP contribution >= 0.6 is 0 Å². The lowest BCUT2D eigenvalue weighted by Gasteiger charge is -2.13. The van der Waals surface area contributed by atoms with Crippen LogP contribution in [0.5, 0.6) is 17.2 Å². The highest BCUT2D eigenvalue weighted by Crippen LogP contribution is 2.31. The summed E-state index contributed by atoms with van der Waals surface area (Å²) < 4.78 is 17.9. The molecule has 0 bridgehead atoms. The van der Waals surface area contributed by atoms with Gasteiger partial charge in [-0.25, -0.2) is 9.67 Å². The van der Waals surface area contributed by atoms with Gasteiger partial charge >= 0.3 is 0 Å². The number of hydrogen-bond donors (Lipinski definition) is 2. The van der Waals surface area contributed by atoms with Crippen molar-refractivity contribution in [3.8, 4) is 22.9 Å². The first-order valence-corrected chi connectivity index (χ1v) is 10.3. The van der Waals surface area contributed by atoms with Crippen LogP contribution in [0.4, 0.5) is 23.3 Å². The van der Waals surface area contributed by atoms with E-state index >= 15 is 0 Å². The molecular weight excluding hydrogens is 420 g/mol. The van der Waals surface area contributed by atoms with Crippen molar-refractivity contribution in [2.75, 3.05) is 32.0 Å². The van der Waals surface area contributed by atoms with Crippen molar-refractivity contribution in [3.05, 3.63) is 66.0 Å². The Morgan fingerprint density at radius 1 is 0.848 bits per heavy atom. The molecule has 2 aromatic carbocycles. The maximum atomic E-state index is 5.37. The van der Waals surface area contributed by atoms with Gasteiger partial charge in [0.15, 0.2) is 11.5 Å². The van der Waals surface area contributed by atoms with Gasteiger partial charge in [0.2, 0.25) is 5.95 Å². The number of anilines is 4. The number of aryl methyl sites for hydroxylation is 1. The van der Waals surface area contributed by atoms with Crippen LogP contribution < -0.4 is 24.8 Å². The minimum atomic E-state index is 0.439. The largest absolute Gasteiger partial charge is 0.497 e. The second-order valence-electron chi connectivity index (χ2n) is 7.26. The maximum Gasteiger partial charge on any atom is 0.229 e. The second-order valence-corrected chi connectivity index (χ2v) is 7.26. The summed E-state index contributed by atoms with van der Waals surface area (Å²) in [6.07, 6.45) is 1.69. The smallest absolute Gasteiger partial charge is 0.229 e. The van der Waals surface area contributed by atoms with E-state index in [0.717, 1.165) is 34.2 Å². The molecule has 9 nitrogen and oxygen atoms in total. The van der Waals surface area contributed by atoms with Gasteiger partial charge < -0.3 is 24.8 Å². The van der Waals surface area contributed by atoms with Gasteiger partial charge in [-0.3, -0.25) is 0 Å². The minimum Gasteiger partial charge on any atom is -0.497 e. The number of rotatable bonds is 8. The molecule has 9 heteroatoms. The molecule has 0 saturated heterocycles. The van der Waals surface area contributed by atoms with E-state index in [1.807, 2.05) is 61.0 Å². The van der Waals surface area contributed by atoms with Gasteiger partial charge in [-0.1, -0.05) is 6.07 Å². The van der Waals surface area contributed by atoms with Crippen LogP contribution in [0.3, 0.4) is 0 Å². The maximum absolute atomic E-state index is 5.37. The molecule has 0 radical (unpaired) electrons. The lowest BCUT2D eigenvalue weighted by Crippen LogP contribution is -2.06. The zero-order chi connectivity index (χ0) is 23.4. The van der Waals surface area contributed by atoms with Crippen LogP contribution in [-0.4, -0.2) is 41.1 Å². The Hall–Kier alpha value is -4.27. The molecule has 0 unspecified atom stereocenters. The zero-order valence-corrected chi connectivity index (χ0v) is 19.2. The Labute approximate surface area is 192 Å². The first-order valence-electron chi connectivity index (χ1n) is 10.3. The predicted octanol–water partition coefficient (Wildman–Crippen LogP) is 4.79. The molecule has 4 rings (SSSR count). The van der Waals surface area contributed by atoms with Crippen molar-refractivity contribution in [1.82, 2.24) is 19.7 Å². The van der Waals surface area contributed by atoms with Crippen LogP contribution in [0.2, 0.25) is 0 Å². The van der Waals surface area contributed by atoms with Crippen LogP contribution in [0.1, 0.15) is 11.3 Å². The summed E-state index contributed by atoms with van der Waals surface area (Å²) in [4.78, 5) is 8.94. The fourth-order valence-corrected chi connectivity index (χ4v) is 3.33. The Bertz CT molecular complexity index is 1270. The molecule has 0 atom stereocenters. The Morgan fingerprint density at radius 2 is 1.67 bits per heavy atom. The third-order valence-electron chi connectivity index (χ3n) is 5.20. The summed E-state index contributed by atoms with van der Waals surface area (Å²) in [5.74, 6) is 3.90. The fourth-order valence-electron chi connectivity index (χ4n) is 3.33. The third kappa shape index (κ3) is 4.67. The number of ether oxygens (including phenoxy) is 3. The summed E-state index contributed by atoms with van der Waals surface area (Å²) in [5, 5.41) is 11.3. The Kier molecular flexibility index (Phi) is 6.30. The average molecular weight is 447 g/mol. The fraction of sp³-hybridized carbons (Fsp3) is 0.208. The Balaban J connectivity index is 1.62. The zero-order valence-electron chi connectivity index (χ0n) is 19.2. The average Bonchev–Trinajstić information content (AvgIpc) is 3.12. The van der Waals surface area contributed by atoms with Gasteiger partial charge in [-0.05, 0) is 44.2 Å². The summed E-state index contributed by atoms with van der Waals surface area (Å²) in [5.41, 5.74) is 3.59. The van der Waals surface area contributed by atoms with Gasteiger partial charge in [0, 0.05) is 29.6 Å². The molecule has 0 aliphatic carbocycles. The van der Waals surface area contributed by atoms with Crippen LogP contribution in [0.25, 0.3) is 5.69 Å². The normalized spacial score (nSPS) is 10.6. The molecule has 0 fully saturated rings. The molecule has 33 heavy (non-hydrogen) atoms. The van der Waals surface area contributed by atoms with E-state index < -0.39 is 0 Å². The predicted molar refractivity (Wildman–Crippen MR) is 128 cm³/mol. The van der Waals surface area contributed by atoms with Gasteiger partial charge in [-0.15, -0.1) is 0 Å². The molecule has 2 aromatic heterocycles. The Morgan fingerprint density at radius 3 is 2.42 bits per heavy atom. The molecule has 4 aromatic rings. The van der Waals surface area contributed by atoms with E-state index in [-0.39, 0.29) is 0 Å². The molecule has 170 valence electrons. The second kappa shape index (κ2) is 9.47. The van der Waals surface area contributed by atoms with E-state index in [1.165, 1.54) is 0 Å². The summed E-state index contributed by atoms with van der Waals surface area (Å²) in [6.45, 7) is 3.99. The van der Waals surface area contributed by atoms with Gasteiger partial charge in [-0.2, -0.15) is 10.1 Å². The van der Waals surface area contributed by atoms with Crippen LogP contribution in [0, 0.1) is 13.8 Å². The van der Waals surface area contributed by atoms with Gasteiger partial charge in [0.05, 0.1) is 32.7 Å². The lowest BCUT2D eigenvalue weighted by molar-refractivity contribution is 0.355. The van der Waals surface area contributed by atoms with Crippen LogP contribution in [0.15, 0.2) is 54.7 Å². The van der Waals surface area contributed by atoms with E-state index in [0.29, 0.717) is 23.3 Å². The molecule has 2 N–H and O–H groups in total. The monoisotopic (exact) mass is 446 g/mol. The number of nitrogens with zero attached hydrogens (tertiary/aromatic N) is 4. The van der Waals surface area contributed by atoms with E-state index in [4.69, 9.17) is 19.3 Å². The number of benzene rings is 2. The van der Waals surface area contributed by atoms with Gasteiger partial charge in [0.1, 0.15) is 17.4 Å². The SMILES string of the molecule is COc1cccc(-n2nc(C)c(C)c2Nc2ccnc(Nc3ccc(OC)c(OC)c3)n2)c1. The standard InChI is InChI=1S/C24H26N6O3/c1-15-16(2)29-30(18-7-6-8-19(14-18)31-3)23(15)27-22-11-12-25-24(28-22)26-17-9-10-20(32-4)21(13-17)33-5/h6-14H,1-5H3,(H2,25,26,27,28). The van der Waals surface area contributed by atoms with E-state index in [2.05, 4.69) is 20.6 Å². The molecule has 0 amide bonds. The van der Waals surface area contributed by atoms with Crippen molar-refractivity contribution in [2.45, 2.75) is 13.8 Å². The molecule has 0 aliphatic heterocycles. The van der Waals surface area contributed by atoms with E-state index in [1.54, 1.807) is 33.6 Å². The molecule has 0 saturated carbocycles. The van der Waals surface area contributed by atoms with Crippen molar-refractivity contribution < 1.29 is 14.2 Å². The van der Waals surface area contributed by atoms with E-state index in [9.17, 15) is 0 Å². The number of nitrogens with one attached hydrogen (secondary N) is 2. The van der Waals surface area contributed by atoms with Crippen molar-refractivity contribution in [2.24, 2.45) is 0 Å². The summed E-state index contributed by atoms with van der Waals surface area (Å²) in [7, 11) is 4.84. The van der Waals surface area contributed by atoms with Crippen molar-refractivity contribution >= 4 is 23.3 Å². The first kappa shape index (κ1) is 21.9. The summed E-state index contributed by atoms with van der Waals surface area (Å²) in [6, 6.07) is 15.1. The number of aromatic nitrogens is 4. The topological polar surface area (TPSA) is 95.4 Å². The van der Waals surface area contributed by atoms with Crippen molar-refractivity contribution in [1.29, 1.82) is 0 Å². The molecule has 0 aliphatic rings. The third-order valence-corrected chi connectivity index (χ3v) is 5.20. The van der Waals surface area contributed by atoms with Gasteiger partial charge in [0.25, 0.3) is 0 Å². The minimum absolute atomic E-state index is 0.439. The highest BCUT2D eigenvalue weighted by molar-refractivity contribution is 5.64. The highest BCUT2D eigenvalue weighted by Gasteiger charge is 2.15. The molecule has 2 heterocycles. The molecule has 0 spiro atoms. The molecular formula is C24H26N6O3. The number of hydrogen-bond acceptors (Lipinski definition) is 8. The number of methoxy groups -OCH3 is 3. The van der Waals surface area contributed by atoms with Crippen molar-refractivity contribution in [3.63, 3.8) is 0 Å². The quantitative estimate of drug-likeness (QED) is 0.399.